The summed E-state index contributed by atoms with van der Waals surface area (Å²) in [7, 11) is 0. The third-order valence-electron chi connectivity index (χ3n) is 6.28. The Morgan fingerprint density at radius 3 is 2.66 bits per heavy atom. The van der Waals surface area contributed by atoms with Crippen LogP contribution in [0.2, 0.25) is 0 Å². The lowest BCUT2D eigenvalue weighted by Gasteiger charge is -2.29. The molecule has 1 N–H and O–H groups in total. The minimum atomic E-state index is -0.689. The van der Waals surface area contributed by atoms with E-state index >= 15 is 0 Å². The van der Waals surface area contributed by atoms with E-state index in [0.717, 1.165) is 50.1 Å². The van der Waals surface area contributed by atoms with Crippen molar-refractivity contribution in [2.24, 2.45) is 11.8 Å². The number of aromatic amines is 1. The fourth-order valence-electron chi connectivity index (χ4n) is 4.80. The lowest BCUT2D eigenvalue weighted by atomic mass is 9.77. The summed E-state index contributed by atoms with van der Waals surface area (Å²) in [6, 6.07) is 3.99. The molecule has 0 aliphatic heterocycles. The molecule has 0 amide bonds. The van der Waals surface area contributed by atoms with Crippen molar-refractivity contribution in [2.75, 3.05) is 0 Å². The third-order valence-corrected chi connectivity index (χ3v) is 6.28. The van der Waals surface area contributed by atoms with Gasteiger partial charge in [0.25, 0.3) is 0 Å². The molecule has 4 aromatic rings. The maximum absolute atomic E-state index is 14.6. The van der Waals surface area contributed by atoms with E-state index in [1.165, 1.54) is 12.3 Å². The summed E-state index contributed by atoms with van der Waals surface area (Å²) in [4.78, 5) is 19.6. The molecule has 8 heteroatoms. The molecule has 3 heterocycles. The van der Waals surface area contributed by atoms with Crippen molar-refractivity contribution in [3.8, 4) is 11.4 Å². The molecule has 0 bridgehead atoms. The number of aromatic nitrogens is 5. The van der Waals surface area contributed by atoms with E-state index in [9.17, 15) is 13.2 Å². The van der Waals surface area contributed by atoms with Crippen molar-refractivity contribution in [1.82, 2.24) is 24.9 Å². The van der Waals surface area contributed by atoms with Crippen LogP contribution in [-0.4, -0.2) is 24.9 Å². The van der Waals surface area contributed by atoms with Gasteiger partial charge in [-0.25, -0.2) is 33.1 Å². The average molecular weight is 437 g/mol. The summed E-state index contributed by atoms with van der Waals surface area (Å²) < 4.78 is 42.4. The molecule has 0 unspecified atom stereocenters. The van der Waals surface area contributed by atoms with E-state index < -0.39 is 17.5 Å². The van der Waals surface area contributed by atoms with Gasteiger partial charge >= 0.3 is 0 Å². The highest BCUT2D eigenvalue weighted by Gasteiger charge is 2.25. The van der Waals surface area contributed by atoms with Crippen molar-refractivity contribution < 1.29 is 13.2 Å². The molecule has 3 aromatic heterocycles. The van der Waals surface area contributed by atoms with Crippen molar-refractivity contribution >= 4 is 10.9 Å². The molecule has 5 rings (SSSR count). The quantitative estimate of drug-likeness (QED) is 0.453. The van der Waals surface area contributed by atoms with E-state index in [-0.39, 0.29) is 11.3 Å². The first kappa shape index (κ1) is 20.6. The number of halogens is 3. The Balaban J connectivity index is 1.37. The molecule has 1 saturated carbocycles. The molecule has 1 aliphatic rings. The summed E-state index contributed by atoms with van der Waals surface area (Å²) in [6.45, 7) is 0. The lowest BCUT2D eigenvalue weighted by Crippen LogP contribution is -2.20. The number of hydrogen-bond acceptors (Lipinski definition) is 4. The number of H-pyrrole nitrogens is 1. The maximum Gasteiger partial charge on any atom is 0.163 e. The van der Waals surface area contributed by atoms with Crippen LogP contribution in [0.15, 0.2) is 43.1 Å². The number of nitrogens with zero attached hydrogens (tertiary/aromatic N) is 4. The molecular formula is C24H22F3N5. The van der Waals surface area contributed by atoms with E-state index in [1.807, 2.05) is 6.07 Å². The summed E-state index contributed by atoms with van der Waals surface area (Å²) in [6.07, 6.45) is 11.6. The molecular weight excluding hydrogens is 415 g/mol. The first-order valence-corrected chi connectivity index (χ1v) is 10.8. The smallest absolute Gasteiger partial charge is 0.163 e. The summed E-state index contributed by atoms with van der Waals surface area (Å²) in [5.41, 5.74) is 1.99. The minimum absolute atomic E-state index is 0.177. The van der Waals surface area contributed by atoms with Crippen LogP contribution in [0.25, 0.3) is 22.3 Å². The molecule has 0 radical (unpaired) electrons. The molecule has 164 valence electrons. The summed E-state index contributed by atoms with van der Waals surface area (Å²) in [5.74, 6) is -0.770. The highest BCUT2D eigenvalue weighted by molar-refractivity contribution is 5.94. The van der Waals surface area contributed by atoms with E-state index in [0.29, 0.717) is 34.9 Å². The molecule has 1 aliphatic carbocycles. The summed E-state index contributed by atoms with van der Waals surface area (Å²) >= 11 is 0. The van der Waals surface area contributed by atoms with Crippen LogP contribution in [0.3, 0.4) is 0 Å². The first-order chi connectivity index (χ1) is 15.6. The number of nitrogens with one attached hydrogen (secondary N) is 1. The van der Waals surface area contributed by atoms with Gasteiger partial charge in [-0.05, 0) is 43.2 Å². The molecule has 32 heavy (non-hydrogen) atoms. The molecule has 0 spiro atoms. The Morgan fingerprint density at radius 2 is 1.84 bits per heavy atom. The Bertz CT molecular complexity index is 1240. The van der Waals surface area contributed by atoms with E-state index in [1.54, 1.807) is 12.5 Å². The molecule has 5 nitrogen and oxygen atoms in total. The van der Waals surface area contributed by atoms with Gasteiger partial charge in [-0.15, -0.1) is 0 Å². The zero-order valence-electron chi connectivity index (χ0n) is 17.4. The minimum Gasteiger partial charge on any atom is -0.358 e. The van der Waals surface area contributed by atoms with Gasteiger partial charge in [-0.1, -0.05) is 19.3 Å². The van der Waals surface area contributed by atoms with Crippen LogP contribution in [0.1, 0.15) is 37.1 Å². The van der Waals surface area contributed by atoms with Crippen LogP contribution in [0.5, 0.6) is 0 Å². The van der Waals surface area contributed by atoms with Crippen LogP contribution in [-0.2, 0) is 12.8 Å². The van der Waals surface area contributed by atoms with Crippen molar-refractivity contribution in [2.45, 2.75) is 38.5 Å². The molecule has 0 saturated heterocycles. The second kappa shape index (κ2) is 8.68. The zero-order chi connectivity index (χ0) is 22.1. The second-order valence-electron chi connectivity index (χ2n) is 8.51. The Morgan fingerprint density at radius 1 is 1.00 bits per heavy atom. The monoisotopic (exact) mass is 437 g/mol. The fraction of sp³-hybridized carbons (Fsp3) is 0.333. The lowest BCUT2D eigenvalue weighted by molar-refractivity contribution is 0.259. The predicted molar refractivity (Wildman–Crippen MR) is 114 cm³/mol. The number of hydrogen-bond donors (Lipinski definition) is 1. The van der Waals surface area contributed by atoms with Gasteiger partial charge < -0.3 is 4.98 Å². The number of benzene rings is 1. The van der Waals surface area contributed by atoms with Gasteiger partial charge in [-0.3, -0.25) is 0 Å². The third kappa shape index (κ3) is 4.22. The van der Waals surface area contributed by atoms with Crippen molar-refractivity contribution in [3.05, 3.63) is 72.0 Å². The maximum atomic E-state index is 14.6. The first-order valence-electron chi connectivity index (χ1n) is 10.8. The Labute approximate surface area is 183 Å². The zero-order valence-corrected chi connectivity index (χ0v) is 17.4. The van der Waals surface area contributed by atoms with Crippen molar-refractivity contribution in [3.63, 3.8) is 0 Å². The number of rotatable bonds is 5. The average Bonchev–Trinajstić information content (AvgIpc) is 3.20. The second-order valence-corrected chi connectivity index (χ2v) is 8.51. The largest absolute Gasteiger partial charge is 0.358 e. The van der Waals surface area contributed by atoms with Gasteiger partial charge in [-0.2, -0.15) is 0 Å². The van der Waals surface area contributed by atoms with Crippen LogP contribution >= 0.6 is 0 Å². The van der Waals surface area contributed by atoms with Crippen LogP contribution in [0.4, 0.5) is 13.2 Å². The molecule has 2 atom stereocenters. The summed E-state index contributed by atoms with van der Waals surface area (Å²) in [5, 5.41) is 0.336. The van der Waals surface area contributed by atoms with Gasteiger partial charge in [0.2, 0.25) is 0 Å². The SMILES string of the molecule is Fc1cc(F)c2[nH]cc(-c3ncc(F)c(C[C@H]4CCC[C@@H](Cc5ccncn5)C4)n3)c2c1. The van der Waals surface area contributed by atoms with Crippen molar-refractivity contribution in [1.29, 1.82) is 0 Å². The standard InChI is InChI=1S/C24H22F3N5/c25-16-9-18-19(11-29-23(18)20(26)10-16)24-30-12-21(27)22(32-24)8-15-3-1-2-14(6-15)7-17-4-5-28-13-31-17/h4-5,9-15,29H,1-3,6-8H2/t14-,15+/m1/s1. The van der Waals surface area contributed by atoms with E-state index in [4.69, 9.17) is 0 Å². The normalized spacial score (nSPS) is 18.8. The van der Waals surface area contributed by atoms with Gasteiger partial charge in [0.15, 0.2) is 11.6 Å². The van der Waals surface area contributed by atoms with Crippen LogP contribution < -0.4 is 0 Å². The fourth-order valence-corrected chi connectivity index (χ4v) is 4.80. The van der Waals surface area contributed by atoms with Crippen LogP contribution in [0, 0.1) is 29.3 Å². The number of fused-ring (bicyclic) bond motifs is 1. The topological polar surface area (TPSA) is 67.3 Å². The highest BCUT2D eigenvalue weighted by atomic mass is 19.1. The van der Waals surface area contributed by atoms with Gasteiger partial charge in [0.1, 0.15) is 18.0 Å². The predicted octanol–water partition coefficient (Wildman–Crippen LogP) is 5.42. The Kier molecular flexibility index (Phi) is 5.59. The Hall–Kier alpha value is -3.29. The highest BCUT2D eigenvalue weighted by Crippen LogP contribution is 2.34. The van der Waals surface area contributed by atoms with E-state index in [2.05, 4.69) is 24.9 Å². The molecule has 1 fully saturated rings. The van der Waals surface area contributed by atoms with Gasteiger partial charge in [0, 0.05) is 35.1 Å². The molecule has 1 aromatic carbocycles. The van der Waals surface area contributed by atoms with Gasteiger partial charge in [0.05, 0.1) is 17.4 Å².